The van der Waals surface area contributed by atoms with Crippen LogP contribution in [0.5, 0.6) is 11.5 Å². The first-order valence-electron chi connectivity index (χ1n) is 12.3. The van der Waals surface area contributed by atoms with Gasteiger partial charge in [-0.3, -0.25) is 4.90 Å². The summed E-state index contributed by atoms with van der Waals surface area (Å²) in [6, 6.07) is 12.3. The number of hydrogen-bond acceptors (Lipinski definition) is 6. The molecule has 2 aromatic rings. The molecule has 0 spiro atoms. The van der Waals surface area contributed by atoms with Crippen LogP contribution in [0, 0.1) is 0 Å². The lowest BCUT2D eigenvalue weighted by Gasteiger charge is -2.34. The third kappa shape index (κ3) is 5.55. The van der Waals surface area contributed by atoms with Gasteiger partial charge < -0.3 is 19.7 Å². The number of hydrogen-bond donors (Lipinski definition) is 1. The van der Waals surface area contributed by atoms with E-state index in [-0.39, 0.29) is 17.7 Å². The number of benzene rings is 2. The van der Waals surface area contributed by atoms with Gasteiger partial charge in [-0.05, 0) is 54.8 Å². The molecule has 0 unspecified atom stereocenters. The van der Waals surface area contributed by atoms with Crippen LogP contribution in [-0.2, 0) is 16.6 Å². The van der Waals surface area contributed by atoms with Gasteiger partial charge in [-0.2, -0.15) is 4.31 Å². The number of nitrogens with one attached hydrogen (secondary N) is 1. The van der Waals surface area contributed by atoms with E-state index in [1.54, 1.807) is 24.3 Å². The number of likely N-dealkylation sites (tertiary alicyclic amines) is 1. The van der Waals surface area contributed by atoms with E-state index in [4.69, 9.17) is 9.47 Å². The quantitative estimate of drug-likeness (QED) is 0.677. The van der Waals surface area contributed by atoms with Crippen LogP contribution in [0.1, 0.15) is 31.2 Å². The third-order valence-electron chi connectivity index (χ3n) is 6.81. The van der Waals surface area contributed by atoms with E-state index < -0.39 is 10.0 Å². The first kappa shape index (κ1) is 23.9. The molecule has 0 bridgehead atoms. The molecule has 0 aromatic heterocycles. The zero-order valence-corrected chi connectivity index (χ0v) is 20.6. The highest BCUT2D eigenvalue weighted by atomic mass is 32.2. The lowest BCUT2D eigenvalue weighted by atomic mass is 10.2. The fourth-order valence-corrected chi connectivity index (χ4v) is 6.18. The van der Waals surface area contributed by atoms with Gasteiger partial charge in [0.2, 0.25) is 16.8 Å². The van der Waals surface area contributed by atoms with E-state index in [0.29, 0.717) is 31.9 Å². The summed E-state index contributed by atoms with van der Waals surface area (Å²) in [7, 11) is -3.59. The van der Waals surface area contributed by atoms with Gasteiger partial charge in [0.25, 0.3) is 0 Å². The predicted molar refractivity (Wildman–Crippen MR) is 132 cm³/mol. The molecular formula is C25H32N4O5S. The maximum atomic E-state index is 13.2. The molecule has 0 radical (unpaired) electrons. The molecule has 3 heterocycles. The molecule has 3 aliphatic rings. The van der Waals surface area contributed by atoms with E-state index in [0.717, 1.165) is 62.4 Å². The molecule has 2 amide bonds. The molecule has 188 valence electrons. The van der Waals surface area contributed by atoms with Crippen molar-refractivity contribution in [2.45, 2.75) is 37.1 Å². The molecule has 0 atom stereocenters. The van der Waals surface area contributed by atoms with Crippen LogP contribution in [-0.4, -0.2) is 74.6 Å². The van der Waals surface area contributed by atoms with Crippen LogP contribution in [0.2, 0.25) is 0 Å². The Kier molecular flexibility index (Phi) is 7.12. The molecule has 10 heteroatoms. The van der Waals surface area contributed by atoms with Gasteiger partial charge in [-0.25, -0.2) is 13.2 Å². The highest BCUT2D eigenvalue weighted by Gasteiger charge is 2.29. The summed E-state index contributed by atoms with van der Waals surface area (Å²) >= 11 is 0. The van der Waals surface area contributed by atoms with E-state index in [2.05, 4.69) is 10.2 Å². The molecule has 0 saturated carbocycles. The SMILES string of the molecule is O=C(Nc1ccc(S(=O)(=O)N2CCN(Cc3ccc4c(c3)OCO4)CC2)cc1)N1CCCCCC1. The standard InChI is InChI=1S/C25H32N4O5S/c30-25(28-11-3-1-2-4-12-28)26-21-6-8-22(9-7-21)35(31,32)29-15-13-27(14-16-29)18-20-5-10-23-24(17-20)34-19-33-23/h5-10,17H,1-4,11-16,18-19H2,(H,26,30). The molecule has 2 saturated heterocycles. The molecular weight excluding hydrogens is 468 g/mol. The second kappa shape index (κ2) is 10.4. The van der Waals surface area contributed by atoms with E-state index >= 15 is 0 Å². The smallest absolute Gasteiger partial charge is 0.321 e. The van der Waals surface area contributed by atoms with Crippen molar-refractivity contribution in [3.8, 4) is 11.5 Å². The number of amides is 2. The van der Waals surface area contributed by atoms with Gasteiger partial charge in [0.1, 0.15) is 0 Å². The predicted octanol–water partition coefficient (Wildman–Crippen LogP) is 3.33. The minimum atomic E-state index is -3.59. The van der Waals surface area contributed by atoms with Crippen LogP contribution in [0.15, 0.2) is 47.4 Å². The van der Waals surface area contributed by atoms with Gasteiger partial charge in [0, 0.05) is 51.5 Å². The summed E-state index contributed by atoms with van der Waals surface area (Å²) in [5, 5.41) is 2.90. The first-order chi connectivity index (χ1) is 17.0. The lowest BCUT2D eigenvalue weighted by Crippen LogP contribution is -2.48. The molecule has 9 nitrogen and oxygen atoms in total. The Morgan fingerprint density at radius 1 is 0.829 bits per heavy atom. The van der Waals surface area contributed by atoms with Crippen LogP contribution in [0.25, 0.3) is 0 Å². The summed E-state index contributed by atoms with van der Waals surface area (Å²) in [4.78, 5) is 16.9. The number of carbonyl (C=O) groups is 1. The molecule has 3 aliphatic heterocycles. The fourth-order valence-electron chi connectivity index (χ4n) is 4.76. The molecule has 35 heavy (non-hydrogen) atoms. The highest BCUT2D eigenvalue weighted by molar-refractivity contribution is 7.89. The van der Waals surface area contributed by atoms with Gasteiger partial charge in [-0.1, -0.05) is 18.9 Å². The number of sulfonamides is 1. The number of urea groups is 1. The Bertz CT molecular complexity index is 1140. The van der Waals surface area contributed by atoms with E-state index in [1.165, 1.54) is 4.31 Å². The number of nitrogens with zero attached hydrogens (tertiary/aromatic N) is 3. The minimum absolute atomic E-state index is 0.124. The van der Waals surface area contributed by atoms with Gasteiger partial charge in [0.05, 0.1) is 4.90 Å². The largest absolute Gasteiger partial charge is 0.454 e. The van der Waals surface area contributed by atoms with Crippen molar-refractivity contribution in [2.75, 3.05) is 51.4 Å². The highest BCUT2D eigenvalue weighted by Crippen LogP contribution is 2.33. The zero-order valence-electron chi connectivity index (χ0n) is 19.8. The van der Waals surface area contributed by atoms with Crippen molar-refractivity contribution in [2.24, 2.45) is 0 Å². The summed E-state index contributed by atoms with van der Waals surface area (Å²) in [5.74, 6) is 1.52. The second-order valence-electron chi connectivity index (χ2n) is 9.22. The van der Waals surface area contributed by atoms with E-state index in [9.17, 15) is 13.2 Å². The van der Waals surface area contributed by atoms with Crippen molar-refractivity contribution >= 4 is 21.7 Å². The number of rotatable bonds is 5. The minimum Gasteiger partial charge on any atom is -0.454 e. The molecule has 2 fully saturated rings. The van der Waals surface area contributed by atoms with Crippen molar-refractivity contribution < 1.29 is 22.7 Å². The van der Waals surface area contributed by atoms with Crippen LogP contribution in [0.3, 0.4) is 0 Å². The Morgan fingerprint density at radius 2 is 1.51 bits per heavy atom. The van der Waals surface area contributed by atoms with E-state index in [1.807, 2.05) is 23.1 Å². The number of anilines is 1. The molecule has 1 N–H and O–H groups in total. The Hall–Kier alpha value is -2.82. The van der Waals surface area contributed by atoms with Crippen LogP contribution >= 0.6 is 0 Å². The summed E-state index contributed by atoms with van der Waals surface area (Å²) in [6.45, 7) is 4.67. The fraction of sp³-hybridized carbons (Fsp3) is 0.480. The Morgan fingerprint density at radius 3 is 2.23 bits per heavy atom. The molecule has 5 rings (SSSR count). The average molecular weight is 501 g/mol. The molecule has 0 aliphatic carbocycles. The van der Waals surface area contributed by atoms with Crippen molar-refractivity contribution in [3.05, 3.63) is 48.0 Å². The topological polar surface area (TPSA) is 91.4 Å². The number of carbonyl (C=O) groups excluding carboxylic acids is 1. The van der Waals surface area contributed by atoms with Crippen molar-refractivity contribution in [1.82, 2.24) is 14.1 Å². The van der Waals surface area contributed by atoms with Gasteiger partial charge in [0.15, 0.2) is 11.5 Å². The number of piperazine rings is 1. The second-order valence-corrected chi connectivity index (χ2v) is 11.2. The zero-order chi connectivity index (χ0) is 24.3. The monoisotopic (exact) mass is 500 g/mol. The van der Waals surface area contributed by atoms with Crippen molar-refractivity contribution in [1.29, 1.82) is 0 Å². The number of fused-ring (bicyclic) bond motifs is 1. The first-order valence-corrected chi connectivity index (χ1v) is 13.7. The average Bonchev–Trinajstić information content (AvgIpc) is 3.16. The third-order valence-corrected chi connectivity index (χ3v) is 8.72. The van der Waals surface area contributed by atoms with Gasteiger partial charge >= 0.3 is 6.03 Å². The van der Waals surface area contributed by atoms with Crippen LogP contribution < -0.4 is 14.8 Å². The maximum Gasteiger partial charge on any atom is 0.321 e. The summed E-state index contributed by atoms with van der Waals surface area (Å²) in [6.07, 6.45) is 4.36. The summed E-state index contributed by atoms with van der Waals surface area (Å²) in [5.41, 5.74) is 1.72. The maximum absolute atomic E-state index is 13.2. The number of ether oxygens (including phenoxy) is 2. The van der Waals surface area contributed by atoms with Gasteiger partial charge in [-0.15, -0.1) is 0 Å². The lowest BCUT2D eigenvalue weighted by molar-refractivity contribution is 0.173. The molecule has 2 aromatic carbocycles. The van der Waals surface area contributed by atoms with Crippen LogP contribution in [0.4, 0.5) is 10.5 Å². The Labute approximate surface area is 206 Å². The summed E-state index contributed by atoms with van der Waals surface area (Å²) < 4.78 is 38.7. The Balaban J connectivity index is 1.15. The van der Waals surface area contributed by atoms with Crippen molar-refractivity contribution in [3.63, 3.8) is 0 Å². The normalized spacial score (nSPS) is 19.4.